The lowest BCUT2D eigenvalue weighted by molar-refractivity contribution is -0.116. The molecule has 0 saturated carbocycles. The molecular formula is C21H24BrFN2O2S. The minimum atomic E-state index is -0.483. The monoisotopic (exact) mass is 466 g/mol. The van der Waals surface area contributed by atoms with Gasteiger partial charge in [0.2, 0.25) is 11.8 Å². The van der Waals surface area contributed by atoms with E-state index in [4.69, 9.17) is 0 Å². The summed E-state index contributed by atoms with van der Waals surface area (Å²) < 4.78 is 14.4. The fourth-order valence-electron chi connectivity index (χ4n) is 2.61. The Balaban J connectivity index is 1.73. The zero-order valence-electron chi connectivity index (χ0n) is 16.1. The average molecular weight is 467 g/mol. The fourth-order valence-corrected chi connectivity index (χ4v) is 3.82. The number of thioether (sulfide) groups is 1. The molecule has 0 radical (unpaired) electrons. The van der Waals surface area contributed by atoms with Gasteiger partial charge in [0, 0.05) is 16.6 Å². The molecule has 0 saturated heterocycles. The Bertz CT molecular complexity index is 840. The summed E-state index contributed by atoms with van der Waals surface area (Å²) in [5.41, 5.74) is 3.10. The molecule has 2 aromatic rings. The zero-order chi connectivity index (χ0) is 20.7. The van der Waals surface area contributed by atoms with Gasteiger partial charge >= 0.3 is 0 Å². The highest BCUT2D eigenvalue weighted by Crippen LogP contribution is 2.22. The van der Waals surface area contributed by atoms with Gasteiger partial charge in [-0.3, -0.25) is 9.59 Å². The maximum atomic E-state index is 13.8. The Morgan fingerprint density at radius 2 is 1.82 bits per heavy atom. The summed E-state index contributed by atoms with van der Waals surface area (Å²) in [5, 5.41) is 5.21. The van der Waals surface area contributed by atoms with Gasteiger partial charge in [-0.25, -0.2) is 4.39 Å². The van der Waals surface area contributed by atoms with E-state index in [1.165, 1.54) is 23.9 Å². The predicted molar refractivity (Wildman–Crippen MR) is 118 cm³/mol. The van der Waals surface area contributed by atoms with Crippen LogP contribution in [-0.2, 0) is 9.59 Å². The van der Waals surface area contributed by atoms with Crippen molar-refractivity contribution >= 4 is 50.9 Å². The molecule has 0 aromatic heterocycles. The highest BCUT2D eigenvalue weighted by Gasteiger charge is 2.15. The van der Waals surface area contributed by atoms with E-state index in [1.54, 1.807) is 13.0 Å². The molecule has 1 atom stereocenters. The number of benzene rings is 2. The summed E-state index contributed by atoms with van der Waals surface area (Å²) >= 11 is 4.63. The van der Waals surface area contributed by atoms with Gasteiger partial charge in [0.15, 0.2) is 0 Å². The van der Waals surface area contributed by atoms with E-state index in [9.17, 15) is 14.0 Å². The molecule has 0 spiro atoms. The molecule has 150 valence electrons. The van der Waals surface area contributed by atoms with Crippen molar-refractivity contribution < 1.29 is 14.0 Å². The highest BCUT2D eigenvalue weighted by atomic mass is 79.9. The van der Waals surface area contributed by atoms with Crippen molar-refractivity contribution in [1.82, 2.24) is 0 Å². The van der Waals surface area contributed by atoms with Crippen LogP contribution in [0.15, 0.2) is 40.9 Å². The van der Waals surface area contributed by atoms with Crippen LogP contribution in [0.5, 0.6) is 0 Å². The van der Waals surface area contributed by atoms with E-state index in [-0.39, 0.29) is 22.8 Å². The Morgan fingerprint density at radius 1 is 1.14 bits per heavy atom. The van der Waals surface area contributed by atoms with Crippen LogP contribution in [0.4, 0.5) is 15.8 Å². The molecular weight excluding hydrogens is 443 g/mol. The lowest BCUT2D eigenvalue weighted by Crippen LogP contribution is -2.23. The first-order valence-electron chi connectivity index (χ1n) is 9.01. The molecule has 2 N–H and O–H groups in total. The molecule has 0 heterocycles. The Hall–Kier alpha value is -1.86. The molecule has 4 nitrogen and oxygen atoms in total. The first kappa shape index (κ1) is 22.4. The molecule has 2 aromatic carbocycles. The van der Waals surface area contributed by atoms with E-state index in [0.717, 1.165) is 16.8 Å². The Morgan fingerprint density at radius 3 is 2.46 bits per heavy atom. The van der Waals surface area contributed by atoms with Crippen molar-refractivity contribution in [3.8, 4) is 0 Å². The van der Waals surface area contributed by atoms with Gasteiger partial charge in [-0.1, -0.05) is 34.1 Å². The van der Waals surface area contributed by atoms with E-state index in [0.29, 0.717) is 23.1 Å². The van der Waals surface area contributed by atoms with E-state index < -0.39 is 5.82 Å². The van der Waals surface area contributed by atoms with Gasteiger partial charge in [-0.05, 0) is 62.3 Å². The SMILES string of the molecule is Cc1cccc(C)c1NC(=O)CCCSC(C)C(=O)Nc1ccc(Br)cc1F. The van der Waals surface area contributed by atoms with Crippen LogP contribution in [0.2, 0.25) is 0 Å². The molecule has 0 aliphatic rings. The number of halogens is 2. The van der Waals surface area contributed by atoms with Crippen molar-refractivity contribution in [2.24, 2.45) is 0 Å². The third-order valence-corrected chi connectivity index (χ3v) is 5.95. The minimum Gasteiger partial charge on any atom is -0.326 e. The quantitative estimate of drug-likeness (QED) is 0.491. The van der Waals surface area contributed by atoms with Crippen LogP contribution >= 0.6 is 27.7 Å². The van der Waals surface area contributed by atoms with Crippen LogP contribution in [0.3, 0.4) is 0 Å². The van der Waals surface area contributed by atoms with Crippen molar-refractivity contribution in [2.75, 3.05) is 16.4 Å². The zero-order valence-corrected chi connectivity index (χ0v) is 18.5. The van der Waals surface area contributed by atoms with Crippen molar-refractivity contribution in [2.45, 2.75) is 38.9 Å². The molecule has 0 fully saturated rings. The summed E-state index contributed by atoms with van der Waals surface area (Å²) in [5.74, 6) is -0.112. The first-order valence-corrected chi connectivity index (χ1v) is 10.9. The van der Waals surface area contributed by atoms with Gasteiger partial charge in [0.05, 0.1) is 10.9 Å². The van der Waals surface area contributed by atoms with Crippen LogP contribution in [0.25, 0.3) is 0 Å². The number of anilines is 2. The summed E-state index contributed by atoms with van der Waals surface area (Å²) in [6.45, 7) is 5.70. The molecule has 0 aliphatic carbocycles. The van der Waals surface area contributed by atoms with Crippen LogP contribution < -0.4 is 10.6 Å². The maximum absolute atomic E-state index is 13.8. The predicted octanol–water partition coefficient (Wildman–Crippen LogP) is 5.68. The number of para-hydroxylation sites is 1. The van der Waals surface area contributed by atoms with Crippen molar-refractivity contribution in [3.05, 3.63) is 57.8 Å². The lowest BCUT2D eigenvalue weighted by atomic mass is 10.1. The number of amides is 2. The van der Waals surface area contributed by atoms with Gasteiger partial charge < -0.3 is 10.6 Å². The molecule has 2 rings (SSSR count). The van der Waals surface area contributed by atoms with Gasteiger partial charge in [0.1, 0.15) is 5.82 Å². The molecule has 0 aliphatic heterocycles. The largest absolute Gasteiger partial charge is 0.326 e. The number of nitrogens with one attached hydrogen (secondary N) is 2. The summed E-state index contributed by atoms with van der Waals surface area (Å²) in [6.07, 6.45) is 1.04. The molecule has 2 amide bonds. The van der Waals surface area contributed by atoms with Crippen LogP contribution in [0, 0.1) is 19.7 Å². The van der Waals surface area contributed by atoms with E-state index in [1.807, 2.05) is 32.0 Å². The Labute approximate surface area is 177 Å². The summed E-state index contributed by atoms with van der Waals surface area (Å²) in [6, 6.07) is 10.4. The number of aryl methyl sites for hydroxylation is 2. The van der Waals surface area contributed by atoms with Crippen molar-refractivity contribution in [1.29, 1.82) is 0 Å². The Kier molecular flexibility index (Phi) is 8.51. The lowest BCUT2D eigenvalue weighted by Gasteiger charge is -2.13. The molecule has 1 unspecified atom stereocenters. The number of hydrogen-bond acceptors (Lipinski definition) is 3. The van der Waals surface area contributed by atoms with E-state index in [2.05, 4.69) is 26.6 Å². The van der Waals surface area contributed by atoms with Crippen LogP contribution in [-0.4, -0.2) is 22.8 Å². The third kappa shape index (κ3) is 6.63. The fraction of sp³-hybridized carbons (Fsp3) is 0.333. The smallest absolute Gasteiger partial charge is 0.237 e. The number of hydrogen-bond donors (Lipinski definition) is 2. The van der Waals surface area contributed by atoms with E-state index >= 15 is 0 Å². The van der Waals surface area contributed by atoms with Crippen LogP contribution in [0.1, 0.15) is 30.9 Å². The standard InChI is InChI=1S/C21H24BrFN2O2S/c1-13-6-4-7-14(2)20(13)25-19(26)8-5-11-28-15(3)21(27)24-18-10-9-16(22)12-17(18)23/h4,6-7,9-10,12,15H,5,8,11H2,1-3H3,(H,24,27)(H,25,26). The second-order valence-corrected chi connectivity index (χ2v) is 8.91. The molecule has 0 bridgehead atoms. The average Bonchev–Trinajstić information content (AvgIpc) is 2.64. The topological polar surface area (TPSA) is 58.2 Å². The summed E-state index contributed by atoms with van der Waals surface area (Å²) in [7, 11) is 0. The summed E-state index contributed by atoms with van der Waals surface area (Å²) in [4.78, 5) is 24.4. The second-order valence-electron chi connectivity index (χ2n) is 6.54. The normalized spacial score (nSPS) is 11.8. The first-order chi connectivity index (χ1) is 13.3. The number of carbonyl (C=O) groups is 2. The van der Waals surface area contributed by atoms with Crippen molar-refractivity contribution in [3.63, 3.8) is 0 Å². The molecule has 28 heavy (non-hydrogen) atoms. The highest BCUT2D eigenvalue weighted by molar-refractivity contribution is 9.10. The van der Waals surface area contributed by atoms with Gasteiger partial charge in [0.25, 0.3) is 0 Å². The molecule has 7 heteroatoms. The van der Waals surface area contributed by atoms with Gasteiger partial charge in [-0.2, -0.15) is 0 Å². The second kappa shape index (κ2) is 10.6. The number of carbonyl (C=O) groups excluding carboxylic acids is 2. The maximum Gasteiger partial charge on any atom is 0.237 e. The number of rotatable bonds is 8. The third-order valence-electron chi connectivity index (χ3n) is 4.22. The van der Waals surface area contributed by atoms with Gasteiger partial charge in [-0.15, -0.1) is 11.8 Å². The minimum absolute atomic E-state index is 0.0351.